The number of nitrogens with zero attached hydrogens (tertiary/aromatic N) is 1. The van der Waals surface area contributed by atoms with Gasteiger partial charge in [0.15, 0.2) is 0 Å². The Balaban J connectivity index is 1.99. The van der Waals surface area contributed by atoms with Gasteiger partial charge in [0.05, 0.1) is 12.1 Å². The number of aryl methyl sites for hydroxylation is 1. The number of aliphatic hydroxyl groups excluding tert-OH is 2. The number of H-pyrrole nitrogens is 1. The molecule has 8 heteroatoms. The molecule has 0 saturated heterocycles. The largest absolute Gasteiger partial charge is 0.457 e. The summed E-state index contributed by atoms with van der Waals surface area (Å²) in [6.45, 7) is 3.47. The average Bonchev–Trinajstić information content (AvgIpc) is 2.99. The maximum atomic E-state index is 12.3. The van der Waals surface area contributed by atoms with Crippen LogP contribution < -0.4 is 11.2 Å². The van der Waals surface area contributed by atoms with Crippen molar-refractivity contribution in [2.75, 3.05) is 6.61 Å². The molecule has 0 bridgehead atoms. The zero-order valence-electron chi connectivity index (χ0n) is 17.4. The predicted octanol–water partition coefficient (Wildman–Crippen LogP) is 1.81. The monoisotopic (exact) mass is 410 g/mol. The van der Waals surface area contributed by atoms with Gasteiger partial charge in [-0.15, -0.1) is 0 Å². The Morgan fingerprint density at radius 3 is 2.52 bits per heavy atom. The third-order valence-corrected chi connectivity index (χ3v) is 5.73. The molecule has 1 aromatic rings. The van der Waals surface area contributed by atoms with Crippen LogP contribution in [-0.4, -0.2) is 44.5 Å². The van der Waals surface area contributed by atoms with E-state index >= 15 is 0 Å². The minimum Gasteiger partial charge on any atom is -0.457 e. The molecule has 1 saturated carbocycles. The number of aromatic nitrogens is 2. The van der Waals surface area contributed by atoms with Crippen LogP contribution in [0.25, 0.3) is 0 Å². The molecule has 1 aliphatic rings. The number of aromatic amines is 1. The van der Waals surface area contributed by atoms with Gasteiger partial charge in [-0.2, -0.15) is 0 Å². The summed E-state index contributed by atoms with van der Waals surface area (Å²) in [5.41, 5.74) is -0.750. The van der Waals surface area contributed by atoms with E-state index in [2.05, 4.69) is 11.9 Å². The van der Waals surface area contributed by atoms with Gasteiger partial charge in [0.2, 0.25) is 0 Å². The zero-order valence-corrected chi connectivity index (χ0v) is 17.4. The van der Waals surface area contributed by atoms with Crippen LogP contribution in [0, 0.1) is 12.8 Å². The summed E-state index contributed by atoms with van der Waals surface area (Å²) in [6.07, 6.45) is 7.51. The Labute approximate surface area is 170 Å². The highest BCUT2D eigenvalue weighted by atomic mass is 16.6. The fourth-order valence-corrected chi connectivity index (χ4v) is 3.95. The molecule has 1 fully saturated rings. The topological polar surface area (TPSA) is 122 Å². The van der Waals surface area contributed by atoms with Crippen molar-refractivity contribution in [3.8, 4) is 0 Å². The Kier molecular flexibility index (Phi) is 9.10. The van der Waals surface area contributed by atoms with Crippen LogP contribution in [0.15, 0.2) is 15.8 Å². The summed E-state index contributed by atoms with van der Waals surface area (Å²) in [7, 11) is 0. The highest BCUT2D eigenvalue weighted by Gasteiger charge is 2.46. The van der Waals surface area contributed by atoms with E-state index in [0.29, 0.717) is 5.56 Å². The van der Waals surface area contributed by atoms with Crippen molar-refractivity contribution >= 4 is 5.97 Å². The van der Waals surface area contributed by atoms with Crippen molar-refractivity contribution in [3.05, 3.63) is 32.6 Å². The second-order valence-corrected chi connectivity index (χ2v) is 8.04. The van der Waals surface area contributed by atoms with E-state index < -0.39 is 41.4 Å². The van der Waals surface area contributed by atoms with Crippen molar-refractivity contribution in [1.82, 2.24) is 9.55 Å². The number of nitrogens with one attached hydrogen (secondary N) is 1. The lowest BCUT2D eigenvalue weighted by Gasteiger charge is -2.24. The van der Waals surface area contributed by atoms with Crippen LogP contribution >= 0.6 is 0 Å². The second kappa shape index (κ2) is 11.3. The normalized spacial score (nSPS) is 24.0. The summed E-state index contributed by atoms with van der Waals surface area (Å²) < 4.78 is 6.83. The van der Waals surface area contributed by atoms with E-state index in [1.165, 1.54) is 36.4 Å². The molecule has 3 N–H and O–H groups in total. The highest BCUT2D eigenvalue weighted by molar-refractivity contribution is 5.69. The van der Waals surface area contributed by atoms with Gasteiger partial charge in [-0.3, -0.25) is 19.1 Å². The van der Waals surface area contributed by atoms with Crippen LogP contribution in [0.2, 0.25) is 0 Å². The molecule has 8 nitrogen and oxygen atoms in total. The van der Waals surface area contributed by atoms with Gasteiger partial charge < -0.3 is 14.9 Å². The molecule has 29 heavy (non-hydrogen) atoms. The minimum atomic E-state index is -1.07. The van der Waals surface area contributed by atoms with Crippen molar-refractivity contribution < 1.29 is 19.7 Å². The molecule has 164 valence electrons. The lowest BCUT2D eigenvalue weighted by atomic mass is 10.1. The minimum absolute atomic E-state index is 0.257. The molecule has 4 atom stereocenters. The molecule has 0 spiro atoms. The molecular weight excluding hydrogens is 376 g/mol. The number of rotatable bonds is 11. The van der Waals surface area contributed by atoms with E-state index in [9.17, 15) is 24.6 Å². The quantitative estimate of drug-likeness (QED) is 0.378. The third kappa shape index (κ3) is 6.27. The van der Waals surface area contributed by atoms with Crippen molar-refractivity contribution in [1.29, 1.82) is 0 Å². The van der Waals surface area contributed by atoms with Crippen molar-refractivity contribution in [3.63, 3.8) is 0 Å². The average molecular weight is 411 g/mol. The molecule has 1 aliphatic carbocycles. The summed E-state index contributed by atoms with van der Waals surface area (Å²) in [6, 6.07) is -0.636. The lowest BCUT2D eigenvalue weighted by Crippen LogP contribution is -2.40. The summed E-state index contributed by atoms with van der Waals surface area (Å²) in [5.74, 6) is -0.920. The lowest BCUT2D eigenvalue weighted by molar-refractivity contribution is -0.156. The molecule has 1 heterocycles. The van der Waals surface area contributed by atoms with E-state index in [-0.39, 0.29) is 19.4 Å². The number of carbonyl (C=O) groups excluding carboxylic acids is 1. The SMILES string of the molecule is CCCCCCCCCC(=O)O[C@H]1[C@H](O)[C@@H](CO)C[C@H]1n1cc(C)c(=O)[nH]c1=O. The molecule has 0 aromatic carbocycles. The number of esters is 1. The van der Waals surface area contributed by atoms with Gasteiger partial charge in [0.1, 0.15) is 6.10 Å². The molecule has 2 rings (SSSR count). The predicted molar refractivity (Wildman–Crippen MR) is 109 cm³/mol. The third-order valence-electron chi connectivity index (χ3n) is 5.73. The van der Waals surface area contributed by atoms with Gasteiger partial charge in [-0.1, -0.05) is 45.4 Å². The number of hydrogen-bond acceptors (Lipinski definition) is 6. The summed E-state index contributed by atoms with van der Waals surface area (Å²) in [5, 5.41) is 20.0. The highest BCUT2D eigenvalue weighted by Crippen LogP contribution is 2.36. The molecule has 0 radical (unpaired) electrons. The fraction of sp³-hybridized carbons (Fsp3) is 0.762. The number of aliphatic hydroxyl groups is 2. The Morgan fingerprint density at radius 1 is 1.21 bits per heavy atom. The van der Waals surface area contributed by atoms with E-state index in [0.717, 1.165) is 19.3 Å². The number of hydrogen-bond donors (Lipinski definition) is 3. The first-order valence-corrected chi connectivity index (χ1v) is 10.7. The van der Waals surface area contributed by atoms with Crippen LogP contribution in [0.3, 0.4) is 0 Å². The van der Waals surface area contributed by atoms with Crippen LogP contribution in [-0.2, 0) is 9.53 Å². The standard InChI is InChI=1S/C21H34N2O6/c1-3-4-5-6-7-8-9-10-17(25)29-19-16(11-15(13-24)18(19)26)23-12-14(2)20(27)22-21(23)28/h12,15-16,18-19,24,26H,3-11,13H2,1-2H3,(H,22,27,28)/t15-,16-,18-,19-/m1/s1. The van der Waals surface area contributed by atoms with Gasteiger partial charge in [-0.05, 0) is 19.8 Å². The molecule has 1 aromatic heterocycles. The first-order valence-electron chi connectivity index (χ1n) is 10.7. The Hall–Kier alpha value is -1.93. The molecule has 0 amide bonds. The molecule has 0 unspecified atom stereocenters. The summed E-state index contributed by atoms with van der Waals surface area (Å²) in [4.78, 5) is 38.4. The van der Waals surface area contributed by atoms with Crippen molar-refractivity contribution in [2.24, 2.45) is 5.92 Å². The first kappa shape index (κ1) is 23.3. The fourth-order valence-electron chi connectivity index (χ4n) is 3.95. The number of unbranched alkanes of at least 4 members (excludes halogenated alkanes) is 6. The van der Waals surface area contributed by atoms with E-state index in [1.54, 1.807) is 6.92 Å². The molecular formula is C21H34N2O6. The Morgan fingerprint density at radius 2 is 1.86 bits per heavy atom. The van der Waals surface area contributed by atoms with Crippen LogP contribution in [0.4, 0.5) is 0 Å². The van der Waals surface area contributed by atoms with E-state index in [4.69, 9.17) is 4.74 Å². The second-order valence-electron chi connectivity index (χ2n) is 8.04. The van der Waals surface area contributed by atoms with Gasteiger partial charge in [0, 0.05) is 30.7 Å². The zero-order chi connectivity index (χ0) is 21.4. The van der Waals surface area contributed by atoms with Crippen LogP contribution in [0.1, 0.15) is 76.3 Å². The maximum Gasteiger partial charge on any atom is 0.328 e. The van der Waals surface area contributed by atoms with Crippen LogP contribution in [0.5, 0.6) is 0 Å². The summed E-state index contributed by atoms with van der Waals surface area (Å²) >= 11 is 0. The van der Waals surface area contributed by atoms with Gasteiger partial charge >= 0.3 is 11.7 Å². The first-order chi connectivity index (χ1) is 13.9. The molecule has 0 aliphatic heterocycles. The van der Waals surface area contributed by atoms with Gasteiger partial charge in [0.25, 0.3) is 5.56 Å². The van der Waals surface area contributed by atoms with E-state index in [1.807, 2.05) is 0 Å². The number of ether oxygens (including phenoxy) is 1. The Bertz CT molecular complexity index is 771. The number of carbonyl (C=O) groups is 1. The smallest absolute Gasteiger partial charge is 0.328 e. The van der Waals surface area contributed by atoms with Gasteiger partial charge in [-0.25, -0.2) is 4.79 Å². The maximum absolute atomic E-state index is 12.3. The van der Waals surface area contributed by atoms with Crippen molar-refractivity contribution in [2.45, 2.75) is 89.9 Å².